The lowest BCUT2D eigenvalue weighted by Crippen LogP contribution is -2.14. The normalized spacial score (nSPS) is 10.3. The van der Waals surface area contributed by atoms with E-state index in [9.17, 15) is 4.79 Å². The molecule has 0 aromatic carbocycles. The molecule has 4 N–H and O–H groups in total. The molecule has 0 bridgehead atoms. The minimum Gasteiger partial charge on any atom is -0.478 e. The molecule has 8 nitrogen and oxygen atoms in total. The summed E-state index contributed by atoms with van der Waals surface area (Å²) < 4.78 is 6.51. The number of hydrogen-bond acceptors (Lipinski definition) is 6. The summed E-state index contributed by atoms with van der Waals surface area (Å²) in [5.74, 6) is -0.0374. The van der Waals surface area contributed by atoms with Gasteiger partial charge in [0.15, 0.2) is 5.69 Å². The fourth-order valence-corrected chi connectivity index (χ4v) is 1.35. The van der Waals surface area contributed by atoms with Gasteiger partial charge < -0.3 is 16.2 Å². The molecule has 0 aliphatic rings. The highest BCUT2D eigenvalue weighted by atomic mass is 16.5. The highest BCUT2D eigenvalue weighted by molar-refractivity contribution is 5.95. The number of ether oxygens (including phenoxy) is 1. The van der Waals surface area contributed by atoms with Gasteiger partial charge in [0.05, 0.1) is 18.5 Å². The summed E-state index contributed by atoms with van der Waals surface area (Å²) in [7, 11) is 0. The molecule has 0 radical (unpaired) electrons. The Kier molecular flexibility index (Phi) is 3.09. The van der Waals surface area contributed by atoms with E-state index in [1.54, 1.807) is 6.07 Å². The molecular formula is C10H12N6O2. The molecule has 8 heteroatoms. The van der Waals surface area contributed by atoms with Gasteiger partial charge in [0, 0.05) is 12.3 Å². The predicted octanol–water partition coefficient (Wildman–Crippen LogP) is -0.258. The van der Waals surface area contributed by atoms with Gasteiger partial charge in [-0.25, -0.2) is 9.67 Å². The number of amides is 1. The van der Waals surface area contributed by atoms with Crippen molar-refractivity contribution < 1.29 is 9.53 Å². The van der Waals surface area contributed by atoms with Gasteiger partial charge in [-0.15, -0.1) is 0 Å². The molecule has 0 aliphatic heterocycles. The topological polar surface area (TPSA) is 122 Å². The molecule has 2 heterocycles. The van der Waals surface area contributed by atoms with Crippen molar-refractivity contribution in [2.75, 3.05) is 12.3 Å². The quantitative estimate of drug-likeness (QED) is 0.768. The van der Waals surface area contributed by atoms with Crippen molar-refractivity contribution in [2.45, 2.75) is 6.92 Å². The lowest BCUT2D eigenvalue weighted by molar-refractivity contribution is 0.0996. The van der Waals surface area contributed by atoms with E-state index in [-0.39, 0.29) is 17.3 Å². The predicted molar refractivity (Wildman–Crippen MR) is 63.3 cm³/mol. The summed E-state index contributed by atoms with van der Waals surface area (Å²) in [6.45, 7) is 2.34. The number of hydrogen-bond donors (Lipinski definition) is 2. The van der Waals surface area contributed by atoms with Gasteiger partial charge in [-0.2, -0.15) is 10.1 Å². The molecule has 2 aromatic rings. The van der Waals surface area contributed by atoms with Crippen molar-refractivity contribution in [3.63, 3.8) is 0 Å². The van der Waals surface area contributed by atoms with Gasteiger partial charge in [0.1, 0.15) is 0 Å². The Labute approximate surface area is 103 Å². The zero-order valence-corrected chi connectivity index (χ0v) is 9.70. The van der Waals surface area contributed by atoms with Crippen LogP contribution in [0.5, 0.6) is 5.88 Å². The average molecular weight is 248 g/mol. The van der Waals surface area contributed by atoms with E-state index in [2.05, 4.69) is 15.1 Å². The van der Waals surface area contributed by atoms with Crippen LogP contribution in [0.4, 0.5) is 5.69 Å². The van der Waals surface area contributed by atoms with E-state index < -0.39 is 5.91 Å². The van der Waals surface area contributed by atoms with Crippen molar-refractivity contribution >= 4 is 11.6 Å². The summed E-state index contributed by atoms with van der Waals surface area (Å²) in [5.41, 5.74) is 10.9. The van der Waals surface area contributed by atoms with Gasteiger partial charge in [0.2, 0.25) is 5.88 Å². The van der Waals surface area contributed by atoms with E-state index in [1.807, 2.05) is 6.92 Å². The summed E-state index contributed by atoms with van der Waals surface area (Å²) in [6.07, 6.45) is 2.94. The van der Waals surface area contributed by atoms with E-state index in [1.165, 1.54) is 17.1 Å². The molecule has 94 valence electrons. The Balaban J connectivity index is 2.39. The first-order valence-corrected chi connectivity index (χ1v) is 5.23. The minimum absolute atomic E-state index is 0.0135. The molecule has 0 saturated carbocycles. The van der Waals surface area contributed by atoms with Crippen LogP contribution in [0.2, 0.25) is 0 Å². The van der Waals surface area contributed by atoms with Crippen molar-refractivity contribution in [1.82, 2.24) is 19.7 Å². The number of rotatable bonds is 4. The Morgan fingerprint density at radius 2 is 2.33 bits per heavy atom. The van der Waals surface area contributed by atoms with Crippen molar-refractivity contribution in [3.8, 4) is 11.8 Å². The van der Waals surface area contributed by atoms with Crippen LogP contribution in [-0.4, -0.2) is 32.3 Å². The van der Waals surface area contributed by atoms with Crippen molar-refractivity contribution in [1.29, 1.82) is 0 Å². The van der Waals surface area contributed by atoms with Crippen LogP contribution >= 0.6 is 0 Å². The summed E-state index contributed by atoms with van der Waals surface area (Å²) >= 11 is 0. The summed E-state index contributed by atoms with van der Waals surface area (Å²) in [5, 5.41) is 3.92. The van der Waals surface area contributed by atoms with E-state index in [4.69, 9.17) is 16.2 Å². The van der Waals surface area contributed by atoms with Gasteiger partial charge in [0.25, 0.3) is 11.9 Å². The Morgan fingerprint density at radius 1 is 1.56 bits per heavy atom. The number of anilines is 1. The standard InChI is InChI=1S/C10H12N6O2/c1-2-18-7-3-4-13-10(14-7)16-5-6(11)8(15-16)9(12)17/h3-5H,2,11H2,1H3,(H2,12,17). The number of primary amides is 1. The fourth-order valence-electron chi connectivity index (χ4n) is 1.35. The van der Waals surface area contributed by atoms with Gasteiger partial charge >= 0.3 is 0 Å². The first-order valence-electron chi connectivity index (χ1n) is 5.23. The third-order valence-corrected chi connectivity index (χ3v) is 2.09. The van der Waals surface area contributed by atoms with Crippen LogP contribution in [0.3, 0.4) is 0 Å². The zero-order chi connectivity index (χ0) is 13.1. The first kappa shape index (κ1) is 11.8. The number of carbonyl (C=O) groups excluding carboxylic acids is 1. The van der Waals surface area contributed by atoms with E-state index in [0.29, 0.717) is 12.5 Å². The minimum atomic E-state index is -0.702. The maximum atomic E-state index is 11.0. The second-order valence-corrected chi connectivity index (χ2v) is 3.37. The lowest BCUT2D eigenvalue weighted by atomic mass is 10.4. The molecule has 18 heavy (non-hydrogen) atoms. The molecule has 0 unspecified atom stereocenters. The molecule has 2 rings (SSSR count). The number of aromatic nitrogens is 4. The Bertz CT molecular complexity index is 579. The van der Waals surface area contributed by atoms with Gasteiger partial charge in [-0.05, 0) is 6.92 Å². The van der Waals surface area contributed by atoms with Crippen molar-refractivity contribution in [3.05, 3.63) is 24.2 Å². The van der Waals surface area contributed by atoms with Gasteiger partial charge in [-0.1, -0.05) is 0 Å². The van der Waals surface area contributed by atoms with Crippen LogP contribution in [0, 0.1) is 0 Å². The molecule has 0 atom stereocenters. The second-order valence-electron chi connectivity index (χ2n) is 3.37. The van der Waals surface area contributed by atoms with Crippen LogP contribution in [0.1, 0.15) is 17.4 Å². The third kappa shape index (κ3) is 2.21. The molecule has 0 aliphatic carbocycles. The number of nitrogens with two attached hydrogens (primary N) is 2. The monoisotopic (exact) mass is 248 g/mol. The molecule has 0 fully saturated rings. The van der Waals surface area contributed by atoms with Crippen LogP contribution in [0.15, 0.2) is 18.5 Å². The average Bonchev–Trinajstić information content (AvgIpc) is 2.72. The van der Waals surface area contributed by atoms with Crippen molar-refractivity contribution in [2.24, 2.45) is 5.73 Å². The molecule has 1 amide bonds. The van der Waals surface area contributed by atoms with Gasteiger partial charge in [-0.3, -0.25) is 4.79 Å². The molecule has 0 spiro atoms. The Morgan fingerprint density at radius 3 is 2.94 bits per heavy atom. The SMILES string of the molecule is CCOc1ccnc(-n2cc(N)c(C(N)=O)n2)n1. The molecular weight excluding hydrogens is 236 g/mol. The number of nitrogen functional groups attached to an aromatic ring is 1. The summed E-state index contributed by atoms with van der Waals surface area (Å²) in [4.78, 5) is 19.2. The van der Waals surface area contributed by atoms with Crippen LogP contribution in [-0.2, 0) is 0 Å². The molecule has 2 aromatic heterocycles. The maximum Gasteiger partial charge on any atom is 0.271 e. The lowest BCUT2D eigenvalue weighted by Gasteiger charge is -2.03. The fraction of sp³-hybridized carbons (Fsp3) is 0.200. The maximum absolute atomic E-state index is 11.0. The summed E-state index contributed by atoms with van der Waals surface area (Å²) in [6, 6.07) is 1.62. The zero-order valence-electron chi connectivity index (χ0n) is 9.70. The third-order valence-electron chi connectivity index (χ3n) is 2.09. The largest absolute Gasteiger partial charge is 0.478 e. The highest BCUT2D eigenvalue weighted by Gasteiger charge is 2.13. The van der Waals surface area contributed by atoms with Crippen LogP contribution < -0.4 is 16.2 Å². The smallest absolute Gasteiger partial charge is 0.271 e. The first-order chi connectivity index (χ1) is 8.61. The number of nitrogens with zero attached hydrogens (tertiary/aromatic N) is 4. The molecule has 0 saturated heterocycles. The van der Waals surface area contributed by atoms with E-state index >= 15 is 0 Å². The Hall–Kier alpha value is -2.64. The second kappa shape index (κ2) is 4.70. The highest BCUT2D eigenvalue weighted by Crippen LogP contribution is 2.13. The van der Waals surface area contributed by atoms with Crippen LogP contribution in [0.25, 0.3) is 5.95 Å². The van der Waals surface area contributed by atoms with E-state index in [0.717, 1.165) is 0 Å². The number of carbonyl (C=O) groups is 1.